The van der Waals surface area contributed by atoms with Gasteiger partial charge >= 0.3 is 5.97 Å². The van der Waals surface area contributed by atoms with Crippen LogP contribution in [0.2, 0.25) is 0 Å². The number of carbonyl (C=O) groups excluding carboxylic acids is 2. The molecule has 1 heterocycles. The first-order valence-corrected chi connectivity index (χ1v) is 10.2. The number of aldehydes is 1. The molecule has 4 rings (SSSR count). The average molecular weight is 452 g/mol. The fourth-order valence-electron chi connectivity index (χ4n) is 4.27. The molecular weight excluding hydrogens is 428 g/mol. The molecule has 0 N–H and O–H groups in total. The lowest BCUT2D eigenvalue weighted by atomic mass is 9.71. The molecule has 0 unspecified atom stereocenters. The fraction of sp³-hybridized carbons (Fsp3) is 0.280. The highest BCUT2D eigenvalue weighted by atomic mass is 16.7. The first-order chi connectivity index (χ1) is 16.1. The number of fused-ring (bicyclic) bond motifs is 2. The molecule has 1 aliphatic heterocycles. The van der Waals surface area contributed by atoms with Crippen LogP contribution in [0.25, 0.3) is 6.08 Å². The van der Waals surface area contributed by atoms with Crippen LogP contribution in [0.4, 0.5) is 0 Å². The molecule has 0 spiro atoms. The van der Waals surface area contributed by atoms with Crippen molar-refractivity contribution in [3.8, 4) is 28.7 Å². The van der Waals surface area contributed by atoms with E-state index in [4.69, 9.17) is 28.4 Å². The minimum absolute atomic E-state index is 0.0252. The van der Waals surface area contributed by atoms with Crippen molar-refractivity contribution in [2.45, 2.75) is 5.92 Å². The van der Waals surface area contributed by atoms with Gasteiger partial charge in [0.15, 0.2) is 23.0 Å². The first-order valence-electron chi connectivity index (χ1n) is 10.2. The van der Waals surface area contributed by atoms with E-state index < -0.39 is 17.8 Å². The molecule has 2 atom stereocenters. The molecule has 2 aliphatic rings. The number of esters is 1. The summed E-state index contributed by atoms with van der Waals surface area (Å²) in [5, 5.41) is 0. The Labute approximate surface area is 191 Å². The van der Waals surface area contributed by atoms with Crippen molar-refractivity contribution < 1.29 is 38.0 Å². The molecule has 0 saturated heterocycles. The van der Waals surface area contributed by atoms with E-state index in [0.717, 1.165) is 11.1 Å². The second-order valence-electron chi connectivity index (χ2n) is 7.43. The number of carbonyl (C=O) groups is 2. The monoisotopic (exact) mass is 452 g/mol. The van der Waals surface area contributed by atoms with E-state index in [2.05, 4.69) is 6.58 Å². The molecule has 0 saturated carbocycles. The predicted molar refractivity (Wildman–Crippen MR) is 119 cm³/mol. The van der Waals surface area contributed by atoms with Gasteiger partial charge in [-0.25, -0.2) is 0 Å². The van der Waals surface area contributed by atoms with Crippen molar-refractivity contribution in [2.75, 3.05) is 34.7 Å². The van der Waals surface area contributed by atoms with Gasteiger partial charge in [-0.2, -0.15) is 0 Å². The van der Waals surface area contributed by atoms with Crippen molar-refractivity contribution in [1.82, 2.24) is 0 Å². The van der Waals surface area contributed by atoms with Crippen LogP contribution in [0, 0.1) is 5.92 Å². The molecule has 33 heavy (non-hydrogen) atoms. The largest absolute Gasteiger partial charge is 0.493 e. The van der Waals surface area contributed by atoms with E-state index in [1.54, 1.807) is 24.3 Å². The summed E-state index contributed by atoms with van der Waals surface area (Å²) in [5.74, 6) is 0.365. The Morgan fingerprint density at radius 3 is 2.30 bits per heavy atom. The number of rotatable bonds is 8. The van der Waals surface area contributed by atoms with Crippen LogP contribution in [0.15, 0.2) is 42.5 Å². The summed E-state index contributed by atoms with van der Waals surface area (Å²) in [6.07, 6.45) is 3.84. The highest BCUT2D eigenvalue weighted by Gasteiger charge is 2.40. The fourth-order valence-corrected chi connectivity index (χ4v) is 4.27. The molecule has 8 heteroatoms. The number of hydrogen-bond donors (Lipinski definition) is 0. The molecule has 0 amide bonds. The van der Waals surface area contributed by atoms with Gasteiger partial charge < -0.3 is 28.4 Å². The minimum Gasteiger partial charge on any atom is -0.493 e. The number of methoxy groups -OCH3 is 3. The maximum absolute atomic E-state index is 13.2. The van der Waals surface area contributed by atoms with Crippen LogP contribution in [-0.2, 0) is 14.3 Å². The molecule has 0 radical (unpaired) electrons. The highest BCUT2D eigenvalue weighted by Crippen LogP contribution is 2.50. The molecule has 0 fully saturated rings. The quantitative estimate of drug-likeness (QED) is 0.342. The predicted octanol–water partition coefficient (Wildman–Crippen LogP) is 3.51. The van der Waals surface area contributed by atoms with Crippen LogP contribution in [0.5, 0.6) is 28.7 Å². The van der Waals surface area contributed by atoms with Gasteiger partial charge in [-0.1, -0.05) is 12.7 Å². The van der Waals surface area contributed by atoms with Crippen molar-refractivity contribution in [1.29, 1.82) is 0 Å². The van der Waals surface area contributed by atoms with Crippen molar-refractivity contribution >= 4 is 18.3 Å². The van der Waals surface area contributed by atoms with Crippen molar-refractivity contribution in [3.05, 3.63) is 59.2 Å². The van der Waals surface area contributed by atoms with E-state index in [0.29, 0.717) is 40.6 Å². The van der Waals surface area contributed by atoms with Gasteiger partial charge in [-0.15, -0.1) is 0 Å². The third kappa shape index (κ3) is 3.88. The maximum Gasteiger partial charge on any atom is 0.314 e. The third-order valence-electron chi connectivity index (χ3n) is 5.71. The summed E-state index contributed by atoms with van der Waals surface area (Å²) < 4.78 is 33.0. The summed E-state index contributed by atoms with van der Waals surface area (Å²) in [5.41, 5.74) is 2.49. The van der Waals surface area contributed by atoms with Gasteiger partial charge in [0.25, 0.3) is 0 Å². The van der Waals surface area contributed by atoms with Crippen LogP contribution in [-0.4, -0.2) is 47.0 Å². The van der Waals surface area contributed by atoms with E-state index >= 15 is 0 Å². The third-order valence-corrected chi connectivity index (χ3v) is 5.71. The van der Waals surface area contributed by atoms with Crippen LogP contribution >= 0.6 is 0 Å². The maximum atomic E-state index is 13.2. The van der Waals surface area contributed by atoms with E-state index in [9.17, 15) is 9.59 Å². The van der Waals surface area contributed by atoms with E-state index in [1.165, 1.54) is 27.4 Å². The van der Waals surface area contributed by atoms with Crippen LogP contribution < -0.4 is 23.7 Å². The van der Waals surface area contributed by atoms with Gasteiger partial charge in [-0.05, 0) is 47.0 Å². The van der Waals surface area contributed by atoms with E-state index in [-0.39, 0.29) is 19.0 Å². The zero-order valence-electron chi connectivity index (χ0n) is 18.6. The Bertz CT molecular complexity index is 1110. The lowest BCUT2D eigenvalue weighted by Gasteiger charge is -2.32. The summed E-state index contributed by atoms with van der Waals surface area (Å²) in [4.78, 5) is 25.3. The Morgan fingerprint density at radius 1 is 1.06 bits per heavy atom. The average Bonchev–Trinajstić information content (AvgIpc) is 3.30. The Balaban J connectivity index is 1.96. The number of ether oxygens (including phenoxy) is 6. The lowest BCUT2D eigenvalue weighted by molar-refractivity contribution is -0.146. The SMILES string of the molecule is C=CCOC(=O)[C@@H]1C(C=O)=Cc2cc3c(cc2[C@H]1c1cc(OC)c(OC)c(OC)c1)OCO3. The topological polar surface area (TPSA) is 89.5 Å². The Hall–Kier alpha value is -3.94. The zero-order chi connectivity index (χ0) is 23.5. The summed E-state index contributed by atoms with van der Waals surface area (Å²) >= 11 is 0. The summed E-state index contributed by atoms with van der Waals surface area (Å²) in [6.45, 7) is 3.72. The molecule has 1 aliphatic carbocycles. The van der Waals surface area contributed by atoms with E-state index in [1.807, 2.05) is 6.07 Å². The van der Waals surface area contributed by atoms with Crippen molar-refractivity contribution in [2.24, 2.45) is 5.92 Å². The molecule has 2 aromatic carbocycles. The highest BCUT2D eigenvalue weighted by molar-refractivity contribution is 5.95. The van der Waals surface area contributed by atoms with Crippen LogP contribution in [0.1, 0.15) is 22.6 Å². The molecule has 172 valence electrons. The molecule has 2 aromatic rings. The number of hydrogen-bond acceptors (Lipinski definition) is 8. The normalized spacial score (nSPS) is 18.0. The smallest absolute Gasteiger partial charge is 0.314 e. The molecule has 0 aromatic heterocycles. The van der Waals surface area contributed by atoms with Gasteiger partial charge in [0.1, 0.15) is 12.9 Å². The lowest BCUT2D eigenvalue weighted by Crippen LogP contribution is -2.30. The second-order valence-corrected chi connectivity index (χ2v) is 7.43. The van der Waals surface area contributed by atoms with Gasteiger partial charge in [0, 0.05) is 11.5 Å². The van der Waals surface area contributed by atoms with Gasteiger partial charge in [-0.3, -0.25) is 9.59 Å². The number of benzene rings is 2. The van der Waals surface area contributed by atoms with Crippen molar-refractivity contribution in [3.63, 3.8) is 0 Å². The second kappa shape index (κ2) is 9.28. The summed E-state index contributed by atoms with van der Waals surface area (Å²) in [6, 6.07) is 7.17. The Morgan fingerprint density at radius 2 is 1.73 bits per heavy atom. The van der Waals surface area contributed by atoms with Gasteiger partial charge in [0.2, 0.25) is 12.5 Å². The molecule has 8 nitrogen and oxygen atoms in total. The minimum atomic E-state index is -0.905. The Kier molecular flexibility index (Phi) is 6.26. The molecule has 0 bridgehead atoms. The first kappa shape index (κ1) is 22.3. The standard InChI is InChI=1S/C25H24O8/c1-5-6-31-25(27)23-16(12-26)7-14-8-18-19(33-13-32-18)11-17(14)22(23)15-9-20(28-2)24(30-4)21(10-15)29-3/h5,7-12,22-23H,1,6,13H2,2-4H3/t22-,23-/m1/s1. The molecular formula is C25H24O8. The van der Waals surface area contributed by atoms with Crippen LogP contribution in [0.3, 0.4) is 0 Å². The van der Waals surface area contributed by atoms with Gasteiger partial charge in [0.05, 0.1) is 27.2 Å². The zero-order valence-corrected chi connectivity index (χ0v) is 18.6. The summed E-state index contributed by atoms with van der Waals surface area (Å²) in [7, 11) is 4.54.